The molecule has 1 N–H and O–H groups in total. The first-order chi connectivity index (χ1) is 19.1. The van der Waals surface area contributed by atoms with Gasteiger partial charge in [-0.25, -0.2) is 9.07 Å². The summed E-state index contributed by atoms with van der Waals surface area (Å²) >= 11 is 0. The zero-order valence-corrected chi connectivity index (χ0v) is 21.6. The molecule has 198 valence electrons. The van der Waals surface area contributed by atoms with Crippen molar-refractivity contribution in [1.82, 2.24) is 25.2 Å². The fraction of sp³-hybridized carbons (Fsp3) is 0.241. The normalized spacial score (nSPS) is 13.8. The number of fused-ring (bicyclic) bond motifs is 2. The van der Waals surface area contributed by atoms with Crippen LogP contribution >= 0.6 is 0 Å². The minimum absolute atomic E-state index is 0.251. The molecule has 0 radical (unpaired) electrons. The Bertz CT molecular complexity index is 1700. The van der Waals surface area contributed by atoms with Crippen molar-refractivity contribution in [3.63, 3.8) is 0 Å². The summed E-state index contributed by atoms with van der Waals surface area (Å²) in [6.45, 7) is 1.04. The Kier molecular flexibility index (Phi) is 6.44. The maximum atomic E-state index is 13.7. The summed E-state index contributed by atoms with van der Waals surface area (Å²) in [5, 5.41) is 13.5. The van der Waals surface area contributed by atoms with Crippen LogP contribution < -0.4 is 19.9 Å². The molecule has 0 amide bonds. The van der Waals surface area contributed by atoms with Crippen molar-refractivity contribution in [2.24, 2.45) is 0 Å². The van der Waals surface area contributed by atoms with Gasteiger partial charge in [-0.1, -0.05) is 30.3 Å². The van der Waals surface area contributed by atoms with E-state index in [1.807, 2.05) is 24.3 Å². The number of nitrogens with zero attached hydrogens (tertiary/aromatic N) is 5. The Hall–Kier alpha value is -4.73. The summed E-state index contributed by atoms with van der Waals surface area (Å²) in [6, 6.07) is 19.3. The van der Waals surface area contributed by atoms with Crippen molar-refractivity contribution in [3.8, 4) is 11.5 Å². The first-order valence-electron chi connectivity index (χ1n) is 12.7. The molecule has 10 heteroatoms. The molecule has 0 aliphatic carbocycles. The maximum absolute atomic E-state index is 13.7. The molecule has 3 aromatic carbocycles. The molecule has 39 heavy (non-hydrogen) atoms. The Morgan fingerprint density at radius 1 is 1.03 bits per heavy atom. The van der Waals surface area contributed by atoms with E-state index < -0.39 is 6.04 Å². The molecule has 1 aliphatic heterocycles. The van der Waals surface area contributed by atoms with Gasteiger partial charge in [-0.2, -0.15) is 0 Å². The number of hydrogen-bond donors (Lipinski definition) is 1. The van der Waals surface area contributed by atoms with Gasteiger partial charge in [0, 0.05) is 29.2 Å². The highest BCUT2D eigenvalue weighted by Crippen LogP contribution is 2.38. The van der Waals surface area contributed by atoms with E-state index in [1.165, 1.54) is 17.7 Å². The van der Waals surface area contributed by atoms with Crippen molar-refractivity contribution in [1.29, 1.82) is 0 Å². The predicted octanol–water partition coefficient (Wildman–Crippen LogP) is 4.26. The first-order valence-corrected chi connectivity index (χ1v) is 12.7. The second-order valence-corrected chi connectivity index (χ2v) is 9.50. The number of hydrogen-bond acceptors (Lipinski definition) is 7. The molecule has 0 fully saturated rings. The molecule has 0 spiro atoms. The van der Waals surface area contributed by atoms with E-state index >= 15 is 0 Å². The maximum Gasteiger partial charge on any atom is 0.254 e. The molecule has 0 saturated heterocycles. The second kappa shape index (κ2) is 10.2. The van der Waals surface area contributed by atoms with Crippen LogP contribution in [0.2, 0.25) is 0 Å². The van der Waals surface area contributed by atoms with Gasteiger partial charge in [-0.05, 0) is 64.7 Å². The second-order valence-electron chi connectivity index (χ2n) is 9.50. The summed E-state index contributed by atoms with van der Waals surface area (Å²) in [5.74, 6) is 1.29. The molecular formula is C29H27FN6O3. The van der Waals surface area contributed by atoms with Crippen molar-refractivity contribution in [2.75, 3.05) is 25.7 Å². The zero-order valence-electron chi connectivity index (χ0n) is 21.6. The van der Waals surface area contributed by atoms with Crippen LogP contribution in [0.15, 0.2) is 71.5 Å². The number of methoxy groups -OCH3 is 2. The van der Waals surface area contributed by atoms with Crippen LogP contribution in [0.5, 0.6) is 11.5 Å². The van der Waals surface area contributed by atoms with E-state index in [1.54, 1.807) is 37.1 Å². The minimum atomic E-state index is -0.580. The molecule has 9 nitrogen and oxygen atoms in total. The summed E-state index contributed by atoms with van der Waals surface area (Å²) < 4.78 is 26.2. The number of aromatic amines is 1. The summed E-state index contributed by atoms with van der Waals surface area (Å²) in [7, 11) is 3.13. The third-order valence-electron chi connectivity index (χ3n) is 7.18. The predicted molar refractivity (Wildman–Crippen MR) is 145 cm³/mol. The van der Waals surface area contributed by atoms with Crippen LogP contribution in [0.3, 0.4) is 0 Å². The number of tetrazole rings is 1. The van der Waals surface area contributed by atoms with Gasteiger partial charge >= 0.3 is 0 Å². The smallest absolute Gasteiger partial charge is 0.254 e. The van der Waals surface area contributed by atoms with E-state index in [4.69, 9.17) is 9.47 Å². The van der Waals surface area contributed by atoms with Gasteiger partial charge in [0.05, 0.1) is 26.3 Å². The lowest BCUT2D eigenvalue weighted by molar-refractivity contribution is 0.356. The number of H-pyrrole nitrogens is 1. The SMILES string of the molecule is COc1cc2cc([C@@H](c3nnnn3Cc3ccc(F)cc3)N3CCCc4ccccc43)c(=O)[nH]c2cc1OC. The van der Waals surface area contributed by atoms with E-state index in [2.05, 4.69) is 37.5 Å². The fourth-order valence-corrected chi connectivity index (χ4v) is 5.31. The van der Waals surface area contributed by atoms with Crippen LogP contribution in [0.25, 0.3) is 10.9 Å². The molecular weight excluding hydrogens is 499 g/mol. The number of nitrogens with one attached hydrogen (secondary N) is 1. The number of ether oxygens (including phenoxy) is 2. The van der Waals surface area contributed by atoms with Crippen molar-refractivity contribution in [3.05, 3.63) is 105 Å². The number of aromatic nitrogens is 5. The van der Waals surface area contributed by atoms with Crippen LogP contribution in [-0.2, 0) is 13.0 Å². The number of benzene rings is 3. The average Bonchev–Trinajstić information content (AvgIpc) is 3.41. The van der Waals surface area contributed by atoms with Gasteiger partial charge in [0.15, 0.2) is 17.3 Å². The standard InChI is InChI=1S/C29H27FN6O3/c1-38-25-15-20-14-22(29(37)31-23(20)16-26(25)39-2)27(35-13-5-7-19-6-3-4-8-24(19)35)28-32-33-34-36(28)17-18-9-11-21(30)12-10-18/h3-4,6,8-12,14-16,27H,5,7,13,17H2,1-2H3,(H,31,37)/t27-/m0/s1. The van der Waals surface area contributed by atoms with Gasteiger partial charge in [-0.15, -0.1) is 5.10 Å². The topological polar surface area (TPSA) is 98.2 Å². The van der Waals surface area contributed by atoms with E-state index in [-0.39, 0.29) is 11.4 Å². The lowest BCUT2D eigenvalue weighted by Crippen LogP contribution is -2.38. The highest BCUT2D eigenvalue weighted by atomic mass is 19.1. The van der Waals surface area contributed by atoms with E-state index in [0.29, 0.717) is 41.5 Å². The summed E-state index contributed by atoms with van der Waals surface area (Å²) in [6.07, 6.45) is 1.87. The molecule has 3 heterocycles. The largest absolute Gasteiger partial charge is 0.493 e. The molecule has 0 saturated carbocycles. The molecule has 0 unspecified atom stereocenters. The number of halogens is 1. The highest BCUT2D eigenvalue weighted by molar-refractivity contribution is 5.83. The minimum Gasteiger partial charge on any atom is -0.493 e. The molecule has 0 bridgehead atoms. The van der Waals surface area contributed by atoms with Gasteiger partial charge < -0.3 is 19.4 Å². The van der Waals surface area contributed by atoms with Gasteiger partial charge in [-0.3, -0.25) is 4.79 Å². The van der Waals surface area contributed by atoms with Crippen LogP contribution in [0.4, 0.5) is 10.1 Å². The Morgan fingerprint density at radius 2 is 1.79 bits per heavy atom. The molecule has 6 rings (SSSR count). The van der Waals surface area contributed by atoms with Gasteiger partial charge in [0.2, 0.25) is 0 Å². The van der Waals surface area contributed by atoms with Crippen molar-refractivity contribution >= 4 is 16.6 Å². The Labute approximate surface area is 223 Å². The molecule has 2 aromatic heterocycles. The number of para-hydroxylation sites is 1. The zero-order chi connectivity index (χ0) is 26.9. The van der Waals surface area contributed by atoms with Crippen LogP contribution in [-0.4, -0.2) is 46.0 Å². The van der Waals surface area contributed by atoms with Crippen molar-refractivity contribution < 1.29 is 13.9 Å². The van der Waals surface area contributed by atoms with Gasteiger partial charge in [0.25, 0.3) is 5.56 Å². The van der Waals surface area contributed by atoms with E-state index in [9.17, 15) is 9.18 Å². The fourth-order valence-electron chi connectivity index (χ4n) is 5.31. The van der Waals surface area contributed by atoms with Crippen LogP contribution in [0.1, 0.15) is 35.0 Å². The monoisotopic (exact) mass is 526 g/mol. The molecule has 1 atom stereocenters. The number of rotatable bonds is 7. The summed E-state index contributed by atoms with van der Waals surface area (Å²) in [4.78, 5) is 18.9. The number of aryl methyl sites for hydroxylation is 1. The number of anilines is 1. The van der Waals surface area contributed by atoms with Gasteiger partial charge in [0.1, 0.15) is 11.9 Å². The third-order valence-corrected chi connectivity index (χ3v) is 7.18. The average molecular weight is 527 g/mol. The highest BCUT2D eigenvalue weighted by Gasteiger charge is 2.33. The lowest BCUT2D eigenvalue weighted by atomic mass is 9.96. The first kappa shape index (κ1) is 24.6. The third kappa shape index (κ3) is 4.58. The van der Waals surface area contributed by atoms with Crippen LogP contribution in [0, 0.1) is 5.82 Å². The Balaban J connectivity index is 1.53. The number of pyridine rings is 1. The summed E-state index contributed by atoms with van der Waals surface area (Å²) in [5.41, 5.74) is 3.96. The van der Waals surface area contributed by atoms with E-state index in [0.717, 1.165) is 29.5 Å². The van der Waals surface area contributed by atoms with Crippen molar-refractivity contribution in [2.45, 2.75) is 25.4 Å². The molecule has 1 aliphatic rings. The lowest BCUT2D eigenvalue weighted by Gasteiger charge is -2.37. The Morgan fingerprint density at radius 3 is 2.59 bits per heavy atom. The molecule has 5 aromatic rings. The quantitative estimate of drug-likeness (QED) is 0.338.